The molecule has 0 aliphatic heterocycles. The zero-order valence-corrected chi connectivity index (χ0v) is 11.6. The van der Waals surface area contributed by atoms with Gasteiger partial charge in [-0.05, 0) is 32.8 Å². The van der Waals surface area contributed by atoms with Crippen LogP contribution < -0.4 is 0 Å². The molecule has 19 heavy (non-hydrogen) atoms. The molecule has 3 nitrogen and oxygen atoms in total. The van der Waals surface area contributed by atoms with E-state index in [4.69, 9.17) is 11.2 Å². The summed E-state index contributed by atoms with van der Waals surface area (Å²) < 4.78 is 5.57. The zero-order valence-electron chi connectivity index (χ0n) is 11.6. The molecule has 1 N–H and O–H groups in total. The van der Waals surface area contributed by atoms with Crippen molar-refractivity contribution in [2.24, 2.45) is 0 Å². The third-order valence-electron chi connectivity index (χ3n) is 2.77. The average Bonchev–Trinajstić information content (AvgIpc) is 2.51. The summed E-state index contributed by atoms with van der Waals surface area (Å²) >= 11 is 0. The van der Waals surface area contributed by atoms with E-state index in [0.717, 1.165) is 11.1 Å². The second-order valence-electron chi connectivity index (χ2n) is 5.15. The highest BCUT2D eigenvalue weighted by atomic mass is 16.6. The molecule has 1 aliphatic rings. The maximum Gasteiger partial charge on any atom is 0.161 e. The van der Waals surface area contributed by atoms with Gasteiger partial charge < -0.3 is 9.84 Å². The first-order valence-corrected chi connectivity index (χ1v) is 6.20. The molecule has 0 saturated carbocycles. The molecule has 0 saturated heterocycles. The molecule has 102 valence electrons. The van der Waals surface area contributed by atoms with E-state index in [-0.39, 0.29) is 6.42 Å². The fraction of sp³-hybridized carbons (Fsp3) is 0.438. The number of carbonyl (C=O) groups is 1. The molecular weight excluding hydrogens is 240 g/mol. The van der Waals surface area contributed by atoms with Crippen molar-refractivity contribution in [2.45, 2.75) is 45.0 Å². The predicted molar refractivity (Wildman–Crippen MR) is 75.2 cm³/mol. The van der Waals surface area contributed by atoms with Gasteiger partial charge in [-0.15, -0.1) is 12.3 Å². The Kier molecular flexibility index (Phi) is 4.88. The van der Waals surface area contributed by atoms with Gasteiger partial charge in [0.1, 0.15) is 0 Å². The summed E-state index contributed by atoms with van der Waals surface area (Å²) in [6.45, 7) is 4.90. The van der Waals surface area contributed by atoms with Crippen molar-refractivity contribution < 1.29 is 14.6 Å². The highest BCUT2D eigenvalue weighted by Gasteiger charge is 2.39. The summed E-state index contributed by atoms with van der Waals surface area (Å²) in [5.74, 6) is 1.02. The fourth-order valence-corrected chi connectivity index (χ4v) is 2.05. The number of allylic oxidation sites excluding steroid dienone is 5. The third kappa shape index (κ3) is 4.20. The van der Waals surface area contributed by atoms with Crippen molar-refractivity contribution in [3.63, 3.8) is 0 Å². The van der Waals surface area contributed by atoms with Crippen molar-refractivity contribution >= 4 is 6.29 Å². The molecule has 0 aromatic heterocycles. The van der Waals surface area contributed by atoms with Crippen molar-refractivity contribution in [3.05, 3.63) is 35.5 Å². The Morgan fingerprint density at radius 1 is 1.58 bits per heavy atom. The molecule has 1 rings (SSSR count). The van der Waals surface area contributed by atoms with E-state index in [9.17, 15) is 9.90 Å². The lowest BCUT2D eigenvalue weighted by Crippen LogP contribution is -2.44. The number of aliphatic hydroxyl groups is 1. The van der Waals surface area contributed by atoms with Crippen LogP contribution in [-0.4, -0.2) is 22.8 Å². The third-order valence-corrected chi connectivity index (χ3v) is 2.77. The van der Waals surface area contributed by atoms with Gasteiger partial charge >= 0.3 is 0 Å². The molecule has 0 radical (unpaired) electrons. The van der Waals surface area contributed by atoms with E-state index >= 15 is 0 Å². The first-order chi connectivity index (χ1) is 8.83. The van der Waals surface area contributed by atoms with Crippen LogP contribution in [0.25, 0.3) is 0 Å². The van der Waals surface area contributed by atoms with Crippen LogP contribution in [0.1, 0.15) is 33.6 Å². The van der Waals surface area contributed by atoms with Crippen molar-refractivity contribution in [2.75, 3.05) is 0 Å². The minimum absolute atomic E-state index is 0.0907. The second-order valence-corrected chi connectivity index (χ2v) is 5.15. The summed E-state index contributed by atoms with van der Waals surface area (Å²) in [5, 5.41) is 9.87. The Morgan fingerprint density at radius 3 is 2.79 bits per heavy atom. The Labute approximate surface area is 114 Å². The fourth-order valence-electron chi connectivity index (χ4n) is 2.05. The van der Waals surface area contributed by atoms with Crippen LogP contribution >= 0.6 is 0 Å². The Balaban J connectivity index is 3.24. The largest absolute Gasteiger partial charge is 0.366 e. The van der Waals surface area contributed by atoms with Crippen LogP contribution in [0.3, 0.4) is 0 Å². The minimum atomic E-state index is -1.44. The van der Waals surface area contributed by atoms with E-state index in [1.54, 1.807) is 0 Å². The van der Waals surface area contributed by atoms with Crippen LogP contribution in [0.4, 0.5) is 0 Å². The molecule has 0 bridgehead atoms. The number of hydrogen-bond donors (Lipinski definition) is 1. The van der Waals surface area contributed by atoms with E-state index in [1.807, 2.05) is 31.2 Å². The summed E-state index contributed by atoms with van der Waals surface area (Å²) in [6, 6.07) is 0. The molecule has 0 spiro atoms. The van der Waals surface area contributed by atoms with Gasteiger partial charge in [0.15, 0.2) is 17.7 Å². The maximum atomic E-state index is 11.6. The summed E-state index contributed by atoms with van der Waals surface area (Å²) in [5.41, 5.74) is 0.480. The van der Waals surface area contributed by atoms with Gasteiger partial charge in [-0.2, -0.15) is 0 Å². The molecule has 0 aromatic rings. The summed E-state index contributed by atoms with van der Waals surface area (Å²) in [4.78, 5) is 11.6. The highest BCUT2D eigenvalue weighted by molar-refractivity contribution is 5.70. The molecule has 0 amide bonds. The molecule has 1 aliphatic carbocycles. The quantitative estimate of drug-likeness (QED) is 0.469. The van der Waals surface area contributed by atoms with Crippen molar-refractivity contribution in [1.29, 1.82) is 0 Å². The standard InChI is InChI=1S/C16H20O3/c1-5-10-16(12-17,19-15(3,4)18)14-9-7-6-8-13(2)11-14/h1,6-8,11-12,18H,9-10H2,2-4H3. The normalized spacial score (nSPS) is 18.7. The Hall–Kier alpha value is -1.63. The number of hydrogen-bond acceptors (Lipinski definition) is 3. The average molecular weight is 260 g/mol. The lowest BCUT2D eigenvalue weighted by molar-refractivity contribution is -0.225. The zero-order chi connectivity index (χ0) is 14.5. The van der Waals surface area contributed by atoms with Crippen LogP contribution in [0.5, 0.6) is 0 Å². The van der Waals surface area contributed by atoms with E-state index in [0.29, 0.717) is 12.7 Å². The molecule has 1 unspecified atom stereocenters. The van der Waals surface area contributed by atoms with Gasteiger partial charge in [0.25, 0.3) is 0 Å². The first-order valence-electron chi connectivity index (χ1n) is 6.20. The van der Waals surface area contributed by atoms with Crippen LogP contribution in [0.15, 0.2) is 35.5 Å². The predicted octanol–water partition coefficient (Wildman–Crippen LogP) is 2.53. The second kappa shape index (κ2) is 6.01. The Bertz CT molecular complexity index is 469. The lowest BCUT2D eigenvalue weighted by atomic mass is 9.88. The van der Waals surface area contributed by atoms with Gasteiger partial charge in [-0.3, -0.25) is 4.79 Å². The molecule has 3 heteroatoms. The minimum Gasteiger partial charge on any atom is -0.366 e. The number of carbonyl (C=O) groups excluding carboxylic acids is 1. The van der Waals surface area contributed by atoms with Crippen molar-refractivity contribution in [1.82, 2.24) is 0 Å². The van der Waals surface area contributed by atoms with E-state index in [2.05, 4.69) is 5.92 Å². The molecule has 0 aromatic carbocycles. The van der Waals surface area contributed by atoms with Gasteiger partial charge in [-0.1, -0.05) is 29.9 Å². The maximum absolute atomic E-state index is 11.6. The number of ether oxygens (including phenoxy) is 1. The van der Waals surface area contributed by atoms with Crippen LogP contribution in [0, 0.1) is 12.3 Å². The van der Waals surface area contributed by atoms with E-state index in [1.165, 1.54) is 13.8 Å². The van der Waals surface area contributed by atoms with Gasteiger partial charge in [-0.25, -0.2) is 0 Å². The molecule has 0 fully saturated rings. The summed E-state index contributed by atoms with van der Waals surface area (Å²) in [7, 11) is 0. The summed E-state index contributed by atoms with van der Waals surface area (Å²) in [6.07, 6.45) is 14.4. The van der Waals surface area contributed by atoms with Crippen LogP contribution in [-0.2, 0) is 9.53 Å². The number of aldehydes is 1. The monoisotopic (exact) mass is 260 g/mol. The number of terminal acetylenes is 1. The van der Waals surface area contributed by atoms with E-state index < -0.39 is 11.4 Å². The first kappa shape index (κ1) is 15.4. The van der Waals surface area contributed by atoms with Gasteiger partial charge in [0.05, 0.1) is 0 Å². The molecule has 1 atom stereocenters. The van der Waals surface area contributed by atoms with Crippen molar-refractivity contribution in [3.8, 4) is 12.3 Å². The van der Waals surface area contributed by atoms with Crippen LogP contribution in [0.2, 0.25) is 0 Å². The number of rotatable bonds is 5. The molecular formula is C16H20O3. The lowest BCUT2D eigenvalue weighted by Gasteiger charge is -2.35. The van der Waals surface area contributed by atoms with Gasteiger partial charge in [0.2, 0.25) is 0 Å². The SMILES string of the molecule is C#CCC(C=O)(OC(C)(C)O)C1=CC(C)=CC=CC1. The van der Waals surface area contributed by atoms with Gasteiger partial charge in [0, 0.05) is 6.42 Å². The topological polar surface area (TPSA) is 46.5 Å². The smallest absolute Gasteiger partial charge is 0.161 e. The molecule has 0 heterocycles. The Morgan fingerprint density at radius 2 is 2.26 bits per heavy atom. The highest BCUT2D eigenvalue weighted by Crippen LogP contribution is 2.32.